The van der Waals surface area contributed by atoms with Crippen LogP contribution in [0.25, 0.3) is 0 Å². The smallest absolute Gasteiger partial charge is 0.416 e. The Labute approximate surface area is 187 Å². The van der Waals surface area contributed by atoms with Gasteiger partial charge in [0.15, 0.2) is 0 Å². The molecule has 0 spiro atoms. The minimum atomic E-state index is -4.37. The molecule has 0 aliphatic carbocycles. The third-order valence-electron chi connectivity index (χ3n) is 5.47. The molecule has 0 bridgehead atoms. The minimum absolute atomic E-state index is 0.0600. The number of carbonyl (C=O) groups is 1. The highest BCUT2D eigenvalue weighted by molar-refractivity contribution is 5.69. The van der Waals surface area contributed by atoms with Crippen LogP contribution in [0.15, 0.2) is 54.6 Å². The second-order valence-corrected chi connectivity index (χ2v) is 9.18. The van der Waals surface area contributed by atoms with Gasteiger partial charge in [0.05, 0.1) is 24.8 Å². The van der Waals surface area contributed by atoms with E-state index in [4.69, 9.17) is 9.47 Å². The number of hydrogen-bond donors (Lipinski definition) is 0. The zero-order valence-corrected chi connectivity index (χ0v) is 18.7. The molecule has 174 valence electrons. The molecule has 2 aromatic rings. The quantitative estimate of drug-likeness (QED) is 0.530. The van der Waals surface area contributed by atoms with Gasteiger partial charge in [0, 0.05) is 12.5 Å². The molecule has 1 unspecified atom stereocenters. The first-order chi connectivity index (χ1) is 15.0. The number of hydrogen-bond acceptors (Lipinski definition) is 3. The molecule has 1 aliphatic rings. The van der Waals surface area contributed by atoms with E-state index >= 15 is 0 Å². The Balaban J connectivity index is 1.69. The predicted molar refractivity (Wildman–Crippen MR) is 116 cm³/mol. The van der Waals surface area contributed by atoms with Crippen LogP contribution in [0.2, 0.25) is 0 Å². The number of ether oxygens (including phenoxy) is 2. The van der Waals surface area contributed by atoms with Crippen molar-refractivity contribution in [2.75, 3.05) is 13.2 Å². The van der Waals surface area contributed by atoms with Gasteiger partial charge in [-0.1, -0.05) is 42.5 Å². The Bertz CT molecular complexity index is 876. The molecule has 1 saturated heterocycles. The van der Waals surface area contributed by atoms with E-state index < -0.39 is 23.4 Å². The largest absolute Gasteiger partial charge is 0.444 e. The SMILES string of the molecule is CC(C)(C)OC(=O)N1CC(c2ccc(C(F)(F)F)cc2)CC[C@H]1COCc1ccccc1. The van der Waals surface area contributed by atoms with E-state index in [0.29, 0.717) is 26.2 Å². The van der Waals surface area contributed by atoms with Gasteiger partial charge in [-0.2, -0.15) is 13.2 Å². The van der Waals surface area contributed by atoms with E-state index in [1.165, 1.54) is 12.1 Å². The van der Waals surface area contributed by atoms with Crippen LogP contribution >= 0.6 is 0 Å². The van der Waals surface area contributed by atoms with Gasteiger partial charge in [-0.05, 0) is 56.9 Å². The van der Waals surface area contributed by atoms with Crippen molar-refractivity contribution in [3.63, 3.8) is 0 Å². The fourth-order valence-corrected chi connectivity index (χ4v) is 3.85. The van der Waals surface area contributed by atoms with Crippen LogP contribution in [-0.4, -0.2) is 35.8 Å². The van der Waals surface area contributed by atoms with Crippen molar-refractivity contribution in [2.24, 2.45) is 0 Å². The predicted octanol–water partition coefficient (Wildman–Crippen LogP) is 6.41. The number of amides is 1. The Morgan fingerprint density at radius 3 is 2.25 bits per heavy atom. The second kappa shape index (κ2) is 9.94. The lowest BCUT2D eigenvalue weighted by Gasteiger charge is -2.40. The van der Waals surface area contributed by atoms with E-state index in [9.17, 15) is 18.0 Å². The van der Waals surface area contributed by atoms with Gasteiger partial charge in [-0.15, -0.1) is 0 Å². The molecule has 4 nitrogen and oxygen atoms in total. The lowest BCUT2D eigenvalue weighted by atomic mass is 9.87. The normalized spacial score (nSPS) is 19.6. The summed E-state index contributed by atoms with van der Waals surface area (Å²) in [7, 11) is 0. The highest BCUT2D eigenvalue weighted by Crippen LogP contribution is 2.34. The summed E-state index contributed by atoms with van der Waals surface area (Å²) in [6.45, 7) is 6.62. The van der Waals surface area contributed by atoms with Crippen LogP contribution < -0.4 is 0 Å². The molecule has 1 aliphatic heterocycles. The highest BCUT2D eigenvalue weighted by Gasteiger charge is 2.36. The Morgan fingerprint density at radius 1 is 1.00 bits per heavy atom. The van der Waals surface area contributed by atoms with Gasteiger partial charge >= 0.3 is 12.3 Å². The number of alkyl halides is 3. The molecule has 0 radical (unpaired) electrons. The van der Waals surface area contributed by atoms with Crippen LogP contribution in [0, 0.1) is 0 Å². The second-order valence-electron chi connectivity index (χ2n) is 9.18. The summed E-state index contributed by atoms with van der Waals surface area (Å²) in [6, 6.07) is 14.8. The van der Waals surface area contributed by atoms with Crippen molar-refractivity contribution in [2.45, 2.75) is 64.0 Å². The standard InChI is InChI=1S/C25H30F3NO3/c1-24(2,3)32-23(30)29-15-20(19-9-12-21(13-10-19)25(26,27)28)11-14-22(29)17-31-16-18-7-5-4-6-8-18/h4-10,12-13,20,22H,11,14-17H2,1-3H3/t20?,22-/m0/s1. The molecular formula is C25H30F3NO3. The average molecular weight is 450 g/mol. The molecule has 7 heteroatoms. The van der Waals surface area contributed by atoms with Crippen LogP contribution in [0.3, 0.4) is 0 Å². The maximum atomic E-state index is 12.9. The summed E-state index contributed by atoms with van der Waals surface area (Å²) in [4.78, 5) is 14.6. The first kappa shape index (κ1) is 24.1. The number of rotatable bonds is 5. The molecule has 3 rings (SSSR count). The molecule has 0 N–H and O–H groups in total. The Morgan fingerprint density at radius 2 is 1.66 bits per heavy atom. The number of carbonyl (C=O) groups excluding carboxylic acids is 1. The van der Waals surface area contributed by atoms with Crippen molar-refractivity contribution >= 4 is 6.09 Å². The molecule has 2 atom stereocenters. The van der Waals surface area contributed by atoms with Crippen LogP contribution in [0.4, 0.5) is 18.0 Å². The number of halogens is 3. The maximum absolute atomic E-state index is 12.9. The molecule has 1 amide bonds. The Hall–Kier alpha value is -2.54. The van der Waals surface area contributed by atoms with E-state index in [1.807, 2.05) is 51.1 Å². The van der Waals surface area contributed by atoms with E-state index in [0.717, 1.165) is 29.7 Å². The topological polar surface area (TPSA) is 38.8 Å². The molecular weight excluding hydrogens is 419 g/mol. The van der Waals surface area contributed by atoms with E-state index in [2.05, 4.69) is 0 Å². The highest BCUT2D eigenvalue weighted by atomic mass is 19.4. The van der Waals surface area contributed by atoms with E-state index in [1.54, 1.807) is 4.90 Å². The van der Waals surface area contributed by atoms with Gasteiger partial charge in [0.2, 0.25) is 0 Å². The van der Waals surface area contributed by atoms with Gasteiger partial charge in [0.25, 0.3) is 0 Å². The van der Waals surface area contributed by atoms with Gasteiger partial charge in [-0.25, -0.2) is 4.79 Å². The average Bonchev–Trinajstić information content (AvgIpc) is 2.73. The van der Waals surface area contributed by atoms with Crippen LogP contribution in [-0.2, 0) is 22.3 Å². The molecule has 1 fully saturated rings. The van der Waals surface area contributed by atoms with Crippen molar-refractivity contribution < 1.29 is 27.4 Å². The summed E-state index contributed by atoms with van der Waals surface area (Å²) in [5.74, 6) is -0.0600. The monoisotopic (exact) mass is 449 g/mol. The molecule has 2 aromatic carbocycles. The summed E-state index contributed by atoms with van der Waals surface area (Å²) in [5, 5.41) is 0. The minimum Gasteiger partial charge on any atom is -0.444 e. The number of likely N-dealkylation sites (tertiary alicyclic amines) is 1. The molecule has 0 aromatic heterocycles. The zero-order chi connectivity index (χ0) is 23.4. The van der Waals surface area contributed by atoms with Gasteiger partial charge in [-0.3, -0.25) is 0 Å². The van der Waals surface area contributed by atoms with Crippen molar-refractivity contribution in [1.82, 2.24) is 4.90 Å². The van der Waals surface area contributed by atoms with Crippen molar-refractivity contribution in [3.05, 3.63) is 71.3 Å². The molecule has 1 heterocycles. The number of benzene rings is 2. The summed E-state index contributed by atoms with van der Waals surface area (Å²) in [5.41, 5.74) is 0.520. The first-order valence-corrected chi connectivity index (χ1v) is 10.8. The third-order valence-corrected chi connectivity index (χ3v) is 5.47. The lowest BCUT2D eigenvalue weighted by molar-refractivity contribution is -0.137. The van der Waals surface area contributed by atoms with Gasteiger partial charge < -0.3 is 14.4 Å². The van der Waals surface area contributed by atoms with Crippen LogP contribution in [0.5, 0.6) is 0 Å². The van der Waals surface area contributed by atoms with Crippen molar-refractivity contribution in [1.29, 1.82) is 0 Å². The zero-order valence-electron chi connectivity index (χ0n) is 18.7. The third kappa shape index (κ3) is 6.73. The fourth-order valence-electron chi connectivity index (χ4n) is 3.85. The number of nitrogens with zero attached hydrogens (tertiary/aromatic N) is 1. The van der Waals surface area contributed by atoms with E-state index in [-0.39, 0.29) is 12.0 Å². The first-order valence-electron chi connectivity index (χ1n) is 10.8. The molecule has 0 saturated carbocycles. The summed E-state index contributed by atoms with van der Waals surface area (Å²) < 4.78 is 50.2. The Kier molecular flexibility index (Phi) is 7.49. The summed E-state index contributed by atoms with van der Waals surface area (Å²) >= 11 is 0. The lowest BCUT2D eigenvalue weighted by Crippen LogP contribution is -2.50. The molecule has 32 heavy (non-hydrogen) atoms. The summed E-state index contributed by atoms with van der Waals surface area (Å²) in [6.07, 6.45) is -3.36. The van der Waals surface area contributed by atoms with Gasteiger partial charge in [0.1, 0.15) is 5.60 Å². The fraction of sp³-hybridized carbons (Fsp3) is 0.480. The number of piperidine rings is 1. The van der Waals surface area contributed by atoms with Crippen LogP contribution in [0.1, 0.15) is 56.2 Å². The maximum Gasteiger partial charge on any atom is 0.416 e. The van der Waals surface area contributed by atoms with Crippen molar-refractivity contribution in [3.8, 4) is 0 Å².